The fourth-order valence-corrected chi connectivity index (χ4v) is 2.26. The average Bonchev–Trinajstić information content (AvgIpc) is 2.56. The van der Waals surface area contributed by atoms with Gasteiger partial charge >= 0.3 is 6.36 Å². The predicted molar refractivity (Wildman–Crippen MR) is 92.7 cm³/mol. The molecule has 2 rings (SSSR count). The van der Waals surface area contributed by atoms with E-state index in [0.717, 1.165) is 17.7 Å². The molecule has 4 nitrogen and oxygen atoms in total. The average molecular weight is 388 g/mol. The predicted octanol–water partition coefficient (Wildman–Crippen LogP) is 5.34. The second-order valence-electron chi connectivity index (χ2n) is 5.49. The SMILES string of the molecule is CCC(Oc1ccc(Cl)c(C)c1)C(=O)Nc1ccc(OC(F)(F)F)cc1. The molecule has 0 aromatic heterocycles. The van der Waals surface area contributed by atoms with Gasteiger partial charge in [0.05, 0.1) is 0 Å². The number of nitrogens with one attached hydrogen (secondary N) is 1. The van der Waals surface area contributed by atoms with E-state index in [0.29, 0.717) is 22.9 Å². The van der Waals surface area contributed by atoms with Gasteiger partial charge in [-0.2, -0.15) is 0 Å². The summed E-state index contributed by atoms with van der Waals surface area (Å²) >= 11 is 5.96. The molecule has 2 aromatic carbocycles. The van der Waals surface area contributed by atoms with Crippen LogP contribution in [0.2, 0.25) is 5.02 Å². The van der Waals surface area contributed by atoms with Crippen molar-refractivity contribution in [3.8, 4) is 11.5 Å². The Labute approximate surface area is 153 Å². The number of amides is 1. The molecule has 26 heavy (non-hydrogen) atoms. The third-order valence-electron chi connectivity index (χ3n) is 3.43. The summed E-state index contributed by atoms with van der Waals surface area (Å²) in [6.45, 7) is 3.61. The zero-order valence-electron chi connectivity index (χ0n) is 14.1. The zero-order chi connectivity index (χ0) is 19.3. The van der Waals surface area contributed by atoms with Crippen LogP contribution in [0.4, 0.5) is 18.9 Å². The number of alkyl halides is 3. The van der Waals surface area contributed by atoms with Crippen LogP contribution >= 0.6 is 11.6 Å². The Morgan fingerprint density at radius 3 is 2.31 bits per heavy atom. The highest BCUT2D eigenvalue weighted by Crippen LogP contribution is 2.25. The fraction of sp³-hybridized carbons (Fsp3) is 0.278. The highest BCUT2D eigenvalue weighted by molar-refractivity contribution is 6.31. The maximum Gasteiger partial charge on any atom is 0.573 e. The fourth-order valence-electron chi connectivity index (χ4n) is 2.14. The van der Waals surface area contributed by atoms with Crippen LogP contribution < -0.4 is 14.8 Å². The molecule has 0 bridgehead atoms. The van der Waals surface area contributed by atoms with Crippen molar-refractivity contribution in [2.24, 2.45) is 0 Å². The number of hydrogen-bond acceptors (Lipinski definition) is 3. The number of halogens is 4. The highest BCUT2D eigenvalue weighted by atomic mass is 35.5. The summed E-state index contributed by atoms with van der Waals surface area (Å²) in [6.07, 6.45) is -5.12. The van der Waals surface area contributed by atoms with Crippen molar-refractivity contribution in [1.82, 2.24) is 0 Å². The van der Waals surface area contributed by atoms with Crippen molar-refractivity contribution in [2.45, 2.75) is 32.7 Å². The molecule has 0 aliphatic carbocycles. The van der Waals surface area contributed by atoms with Crippen molar-refractivity contribution < 1.29 is 27.4 Å². The highest BCUT2D eigenvalue weighted by Gasteiger charge is 2.31. The van der Waals surface area contributed by atoms with E-state index in [1.807, 2.05) is 6.92 Å². The number of ether oxygens (including phenoxy) is 2. The molecule has 8 heteroatoms. The van der Waals surface area contributed by atoms with Crippen LogP contribution in [-0.4, -0.2) is 18.4 Å². The van der Waals surface area contributed by atoms with Crippen molar-refractivity contribution in [1.29, 1.82) is 0 Å². The van der Waals surface area contributed by atoms with E-state index in [9.17, 15) is 18.0 Å². The third kappa shape index (κ3) is 5.84. The Morgan fingerprint density at radius 2 is 1.77 bits per heavy atom. The lowest BCUT2D eigenvalue weighted by molar-refractivity contribution is -0.274. The lowest BCUT2D eigenvalue weighted by Gasteiger charge is -2.18. The minimum atomic E-state index is -4.76. The molecule has 0 fully saturated rings. The van der Waals surface area contributed by atoms with E-state index < -0.39 is 18.4 Å². The van der Waals surface area contributed by atoms with Crippen molar-refractivity contribution in [3.63, 3.8) is 0 Å². The zero-order valence-corrected chi connectivity index (χ0v) is 14.8. The van der Waals surface area contributed by atoms with Crippen LogP contribution in [0.1, 0.15) is 18.9 Å². The van der Waals surface area contributed by atoms with Gasteiger partial charge in [0.25, 0.3) is 5.91 Å². The molecule has 0 spiro atoms. The summed E-state index contributed by atoms with van der Waals surface area (Å²) in [7, 11) is 0. The first-order valence-corrected chi connectivity index (χ1v) is 8.15. The summed E-state index contributed by atoms with van der Waals surface area (Å²) in [5.41, 5.74) is 1.15. The number of carbonyl (C=O) groups excluding carboxylic acids is 1. The molecule has 0 heterocycles. The lowest BCUT2D eigenvalue weighted by Crippen LogP contribution is -2.32. The van der Waals surface area contributed by atoms with Gasteiger partial charge < -0.3 is 14.8 Å². The topological polar surface area (TPSA) is 47.6 Å². The number of hydrogen-bond donors (Lipinski definition) is 1. The van der Waals surface area contributed by atoms with Gasteiger partial charge in [-0.3, -0.25) is 4.79 Å². The molecule has 0 aliphatic heterocycles. The smallest absolute Gasteiger partial charge is 0.481 e. The first-order valence-electron chi connectivity index (χ1n) is 7.77. The van der Waals surface area contributed by atoms with Crippen molar-refractivity contribution in [2.75, 3.05) is 5.32 Å². The maximum atomic E-state index is 12.3. The van der Waals surface area contributed by atoms with Crippen LogP contribution in [0.25, 0.3) is 0 Å². The normalized spacial score (nSPS) is 12.4. The Bertz CT molecular complexity index is 763. The van der Waals surface area contributed by atoms with Crippen molar-refractivity contribution in [3.05, 3.63) is 53.1 Å². The van der Waals surface area contributed by atoms with E-state index in [4.69, 9.17) is 16.3 Å². The Kier molecular flexibility index (Phi) is 6.37. The summed E-state index contributed by atoms with van der Waals surface area (Å²) in [5.74, 6) is -0.275. The molecule has 140 valence electrons. The molecular weight excluding hydrogens is 371 g/mol. The van der Waals surface area contributed by atoms with Crippen LogP contribution in [0.5, 0.6) is 11.5 Å². The van der Waals surface area contributed by atoms with Gasteiger partial charge in [0.2, 0.25) is 0 Å². The molecule has 0 saturated heterocycles. The Balaban J connectivity index is 2.01. The number of benzene rings is 2. The minimum Gasteiger partial charge on any atom is -0.481 e. The second kappa shape index (κ2) is 8.31. The molecule has 0 saturated carbocycles. The quantitative estimate of drug-likeness (QED) is 0.727. The largest absolute Gasteiger partial charge is 0.573 e. The lowest BCUT2D eigenvalue weighted by atomic mass is 10.2. The Hall–Kier alpha value is -2.41. The first kappa shape index (κ1) is 19.9. The van der Waals surface area contributed by atoms with Gasteiger partial charge in [-0.25, -0.2) is 0 Å². The standard InChI is InChI=1S/C18H17ClF3NO3/c1-3-16(25-14-8-9-15(19)11(2)10-14)17(24)23-12-4-6-13(7-5-12)26-18(20,21)22/h4-10,16H,3H2,1-2H3,(H,23,24). The van der Waals surface area contributed by atoms with Crippen molar-refractivity contribution >= 4 is 23.2 Å². The molecule has 2 aromatic rings. The van der Waals surface area contributed by atoms with E-state index in [1.54, 1.807) is 25.1 Å². The number of carbonyl (C=O) groups is 1. The summed E-state index contributed by atoms with van der Waals surface area (Å²) in [5, 5.41) is 3.20. The van der Waals surface area contributed by atoms with Crippen LogP contribution in [-0.2, 0) is 4.79 Å². The monoisotopic (exact) mass is 387 g/mol. The van der Waals surface area contributed by atoms with E-state index >= 15 is 0 Å². The van der Waals surface area contributed by atoms with Gasteiger partial charge in [0.15, 0.2) is 6.10 Å². The maximum absolute atomic E-state index is 12.3. The van der Waals surface area contributed by atoms with Gasteiger partial charge in [-0.1, -0.05) is 18.5 Å². The Morgan fingerprint density at radius 1 is 1.15 bits per heavy atom. The second-order valence-corrected chi connectivity index (χ2v) is 5.89. The molecule has 1 amide bonds. The number of rotatable bonds is 6. The molecule has 1 unspecified atom stereocenters. The van der Waals surface area contributed by atoms with Gasteiger partial charge in [0, 0.05) is 10.7 Å². The summed E-state index contributed by atoms with van der Waals surface area (Å²) in [4.78, 5) is 12.3. The minimum absolute atomic E-state index is 0.332. The van der Waals surface area contributed by atoms with Gasteiger partial charge in [-0.05, 0) is 61.4 Å². The molecular formula is C18H17ClF3NO3. The summed E-state index contributed by atoms with van der Waals surface area (Å²) in [6, 6.07) is 9.93. The summed E-state index contributed by atoms with van der Waals surface area (Å²) < 4.78 is 45.9. The van der Waals surface area contributed by atoms with Gasteiger partial charge in [-0.15, -0.1) is 13.2 Å². The van der Waals surface area contributed by atoms with Crippen LogP contribution in [0.15, 0.2) is 42.5 Å². The third-order valence-corrected chi connectivity index (χ3v) is 3.85. The van der Waals surface area contributed by atoms with Gasteiger partial charge in [0.1, 0.15) is 11.5 Å². The first-order chi connectivity index (χ1) is 12.2. The van der Waals surface area contributed by atoms with Crippen LogP contribution in [0, 0.1) is 6.92 Å². The molecule has 0 radical (unpaired) electrons. The molecule has 0 aliphatic rings. The molecule has 1 N–H and O–H groups in total. The number of aryl methyl sites for hydroxylation is 1. The number of anilines is 1. The van der Waals surface area contributed by atoms with Crippen LogP contribution in [0.3, 0.4) is 0 Å². The molecule has 1 atom stereocenters. The van der Waals surface area contributed by atoms with E-state index in [1.165, 1.54) is 12.1 Å². The van der Waals surface area contributed by atoms with E-state index in [2.05, 4.69) is 10.1 Å². The van der Waals surface area contributed by atoms with E-state index in [-0.39, 0.29) is 5.75 Å².